The first-order chi connectivity index (χ1) is 9.29. The SMILES string of the molecule is CC(=O)C(NC(=O)CN(C)Cc1cnn(C)c1)C(C)C. The molecule has 0 saturated heterocycles. The third-order valence-electron chi connectivity index (χ3n) is 3.05. The summed E-state index contributed by atoms with van der Waals surface area (Å²) in [5, 5.41) is 6.88. The molecule has 1 N–H and O–H groups in total. The Morgan fingerprint density at radius 2 is 2.10 bits per heavy atom. The van der Waals surface area contributed by atoms with Crippen molar-refractivity contribution in [3.05, 3.63) is 18.0 Å². The van der Waals surface area contributed by atoms with E-state index in [-0.39, 0.29) is 24.2 Å². The van der Waals surface area contributed by atoms with E-state index in [1.165, 1.54) is 6.92 Å². The Kier molecular flexibility index (Phi) is 5.88. The van der Waals surface area contributed by atoms with E-state index in [1.807, 2.05) is 39.0 Å². The van der Waals surface area contributed by atoms with Gasteiger partial charge in [0, 0.05) is 25.4 Å². The van der Waals surface area contributed by atoms with Gasteiger partial charge in [-0.1, -0.05) is 13.8 Å². The third-order valence-corrected chi connectivity index (χ3v) is 3.05. The van der Waals surface area contributed by atoms with E-state index in [0.717, 1.165) is 5.56 Å². The fourth-order valence-electron chi connectivity index (χ4n) is 2.12. The quantitative estimate of drug-likeness (QED) is 0.793. The van der Waals surface area contributed by atoms with E-state index in [1.54, 1.807) is 10.9 Å². The van der Waals surface area contributed by atoms with Gasteiger partial charge in [-0.2, -0.15) is 5.10 Å². The average Bonchev–Trinajstić information content (AvgIpc) is 2.70. The van der Waals surface area contributed by atoms with Gasteiger partial charge in [0.25, 0.3) is 0 Å². The molecule has 0 aliphatic carbocycles. The molecule has 0 aliphatic rings. The van der Waals surface area contributed by atoms with Crippen LogP contribution in [0.5, 0.6) is 0 Å². The Morgan fingerprint density at radius 3 is 2.55 bits per heavy atom. The molecule has 20 heavy (non-hydrogen) atoms. The second-order valence-corrected chi connectivity index (χ2v) is 5.59. The molecule has 0 saturated carbocycles. The summed E-state index contributed by atoms with van der Waals surface area (Å²) in [5.74, 6) is -0.0476. The number of likely N-dealkylation sites (N-methyl/N-ethyl adjacent to an activating group) is 1. The number of nitrogens with one attached hydrogen (secondary N) is 1. The van der Waals surface area contributed by atoms with Gasteiger partial charge >= 0.3 is 0 Å². The minimum absolute atomic E-state index is 0.0109. The number of carbonyl (C=O) groups is 2. The van der Waals surface area contributed by atoms with Gasteiger partial charge in [0.1, 0.15) is 0 Å². The van der Waals surface area contributed by atoms with Crippen molar-refractivity contribution in [2.24, 2.45) is 13.0 Å². The molecule has 1 aromatic heterocycles. The zero-order valence-corrected chi connectivity index (χ0v) is 12.9. The zero-order chi connectivity index (χ0) is 15.3. The lowest BCUT2D eigenvalue weighted by Gasteiger charge is -2.21. The van der Waals surface area contributed by atoms with E-state index in [4.69, 9.17) is 0 Å². The Hall–Kier alpha value is -1.69. The largest absolute Gasteiger partial charge is 0.345 e. The number of rotatable bonds is 7. The molecule has 0 aromatic carbocycles. The summed E-state index contributed by atoms with van der Waals surface area (Å²) in [6.07, 6.45) is 3.70. The maximum absolute atomic E-state index is 11.9. The summed E-state index contributed by atoms with van der Waals surface area (Å²) in [5.41, 5.74) is 1.05. The molecule has 1 atom stereocenters. The lowest BCUT2D eigenvalue weighted by atomic mass is 10.0. The molecule has 1 unspecified atom stereocenters. The molecule has 1 amide bonds. The van der Waals surface area contributed by atoms with Crippen molar-refractivity contribution in [3.63, 3.8) is 0 Å². The highest BCUT2D eigenvalue weighted by Gasteiger charge is 2.21. The predicted octanol–water partition coefficient (Wildman–Crippen LogP) is 0.582. The van der Waals surface area contributed by atoms with Gasteiger partial charge in [-0.3, -0.25) is 19.2 Å². The van der Waals surface area contributed by atoms with Gasteiger partial charge in [-0.25, -0.2) is 0 Å². The molecule has 6 nitrogen and oxygen atoms in total. The van der Waals surface area contributed by atoms with E-state index in [9.17, 15) is 9.59 Å². The van der Waals surface area contributed by atoms with Crippen LogP contribution in [0, 0.1) is 5.92 Å². The average molecular weight is 280 g/mol. The molecule has 0 radical (unpaired) electrons. The number of Topliss-reactive ketones (excluding diaryl/α,β-unsaturated/α-hetero) is 1. The van der Waals surface area contributed by atoms with Crippen LogP contribution in [0.2, 0.25) is 0 Å². The van der Waals surface area contributed by atoms with Crippen LogP contribution in [0.3, 0.4) is 0 Å². The number of aryl methyl sites for hydroxylation is 1. The van der Waals surface area contributed by atoms with Crippen molar-refractivity contribution in [1.29, 1.82) is 0 Å². The van der Waals surface area contributed by atoms with Crippen molar-refractivity contribution in [2.75, 3.05) is 13.6 Å². The molecule has 1 rings (SSSR count). The maximum atomic E-state index is 11.9. The monoisotopic (exact) mass is 280 g/mol. The first-order valence-electron chi connectivity index (χ1n) is 6.75. The molecular weight excluding hydrogens is 256 g/mol. The number of aromatic nitrogens is 2. The van der Waals surface area contributed by atoms with Crippen molar-refractivity contribution in [3.8, 4) is 0 Å². The van der Waals surface area contributed by atoms with E-state index < -0.39 is 6.04 Å². The van der Waals surface area contributed by atoms with Crippen molar-refractivity contribution in [2.45, 2.75) is 33.4 Å². The molecule has 6 heteroatoms. The van der Waals surface area contributed by atoms with Gasteiger partial charge in [0.2, 0.25) is 5.91 Å². The van der Waals surface area contributed by atoms with Crippen LogP contribution in [-0.2, 0) is 23.2 Å². The summed E-state index contributed by atoms with van der Waals surface area (Å²) < 4.78 is 1.73. The minimum atomic E-state index is -0.408. The summed E-state index contributed by atoms with van der Waals surface area (Å²) in [6, 6.07) is -0.408. The van der Waals surface area contributed by atoms with Crippen LogP contribution in [0.1, 0.15) is 26.3 Å². The van der Waals surface area contributed by atoms with Crippen molar-refractivity contribution < 1.29 is 9.59 Å². The first kappa shape index (κ1) is 16.4. The molecular formula is C14H24N4O2. The van der Waals surface area contributed by atoms with Gasteiger partial charge in [-0.05, 0) is 19.9 Å². The topological polar surface area (TPSA) is 67.2 Å². The number of carbonyl (C=O) groups excluding carboxylic acids is 2. The number of hydrogen-bond acceptors (Lipinski definition) is 4. The molecule has 0 bridgehead atoms. The lowest BCUT2D eigenvalue weighted by Crippen LogP contribution is -2.46. The van der Waals surface area contributed by atoms with Gasteiger partial charge in [0.05, 0.1) is 18.8 Å². The predicted molar refractivity (Wildman–Crippen MR) is 77.0 cm³/mol. The first-order valence-corrected chi connectivity index (χ1v) is 6.75. The fourth-order valence-corrected chi connectivity index (χ4v) is 2.12. The second kappa shape index (κ2) is 7.19. The van der Waals surface area contributed by atoms with Gasteiger partial charge in [0.15, 0.2) is 5.78 Å². The molecule has 0 spiro atoms. The highest BCUT2D eigenvalue weighted by atomic mass is 16.2. The van der Waals surface area contributed by atoms with Crippen LogP contribution < -0.4 is 5.32 Å². The molecule has 112 valence electrons. The molecule has 0 aliphatic heterocycles. The second-order valence-electron chi connectivity index (χ2n) is 5.59. The molecule has 1 heterocycles. The summed E-state index contributed by atoms with van der Waals surface area (Å²) >= 11 is 0. The Morgan fingerprint density at radius 1 is 1.45 bits per heavy atom. The van der Waals surface area contributed by atoms with Gasteiger partial charge in [-0.15, -0.1) is 0 Å². The van der Waals surface area contributed by atoms with Crippen LogP contribution in [0.25, 0.3) is 0 Å². The van der Waals surface area contributed by atoms with Crippen molar-refractivity contribution in [1.82, 2.24) is 20.0 Å². The van der Waals surface area contributed by atoms with E-state index >= 15 is 0 Å². The number of nitrogens with zero attached hydrogens (tertiary/aromatic N) is 3. The number of hydrogen-bond donors (Lipinski definition) is 1. The Balaban J connectivity index is 2.46. The highest BCUT2D eigenvalue weighted by Crippen LogP contribution is 2.04. The van der Waals surface area contributed by atoms with Crippen LogP contribution in [-0.4, -0.2) is 46.0 Å². The van der Waals surface area contributed by atoms with Crippen LogP contribution in [0.4, 0.5) is 0 Å². The maximum Gasteiger partial charge on any atom is 0.234 e. The fraction of sp³-hybridized carbons (Fsp3) is 0.643. The van der Waals surface area contributed by atoms with Crippen molar-refractivity contribution >= 4 is 11.7 Å². The van der Waals surface area contributed by atoms with E-state index in [2.05, 4.69) is 10.4 Å². The third kappa shape index (κ3) is 5.13. The van der Waals surface area contributed by atoms with E-state index in [0.29, 0.717) is 6.54 Å². The van der Waals surface area contributed by atoms with Gasteiger partial charge < -0.3 is 5.32 Å². The zero-order valence-electron chi connectivity index (χ0n) is 12.9. The molecule has 1 aromatic rings. The summed E-state index contributed by atoms with van der Waals surface area (Å²) in [4.78, 5) is 25.3. The minimum Gasteiger partial charge on any atom is -0.345 e. The Labute approximate surface area is 120 Å². The Bertz CT molecular complexity index is 467. The standard InChI is InChI=1S/C14H24N4O2/c1-10(2)14(11(3)19)16-13(20)9-17(4)7-12-6-15-18(5)8-12/h6,8,10,14H,7,9H2,1-5H3,(H,16,20). The van der Waals surface area contributed by atoms with Crippen LogP contribution in [0.15, 0.2) is 12.4 Å². The van der Waals surface area contributed by atoms with Crippen LogP contribution >= 0.6 is 0 Å². The smallest absolute Gasteiger partial charge is 0.234 e. The number of ketones is 1. The summed E-state index contributed by atoms with van der Waals surface area (Å²) in [7, 11) is 3.72. The molecule has 0 fully saturated rings. The normalized spacial score (nSPS) is 12.8. The highest BCUT2D eigenvalue weighted by molar-refractivity contribution is 5.88. The number of amides is 1. The lowest BCUT2D eigenvalue weighted by molar-refractivity contribution is -0.128. The summed E-state index contributed by atoms with van der Waals surface area (Å²) in [6.45, 7) is 6.25.